The van der Waals surface area contributed by atoms with Gasteiger partial charge < -0.3 is 19.9 Å². The quantitative estimate of drug-likeness (QED) is 0.152. The fraction of sp³-hybridized carbons (Fsp3) is 0.438. The van der Waals surface area contributed by atoms with Crippen LogP contribution in [-0.4, -0.2) is 108 Å². The van der Waals surface area contributed by atoms with Crippen molar-refractivity contribution in [3.8, 4) is 5.75 Å². The van der Waals surface area contributed by atoms with E-state index in [1.165, 1.54) is 6.07 Å². The molecule has 326 valence electrons. The summed E-state index contributed by atoms with van der Waals surface area (Å²) < 4.78 is 22.1. The molecular weight excluding hydrogens is 804 g/mol. The smallest absolute Gasteiger partial charge is 0.262 e. The van der Waals surface area contributed by atoms with Crippen LogP contribution in [0.5, 0.6) is 5.75 Å². The lowest BCUT2D eigenvalue weighted by Gasteiger charge is -2.63. The molecule has 1 unspecified atom stereocenters. The summed E-state index contributed by atoms with van der Waals surface area (Å²) in [5.74, 6) is -2.05. The number of nitrogens with one attached hydrogen (secondary N) is 2. The van der Waals surface area contributed by atoms with Crippen molar-refractivity contribution in [1.29, 1.82) is 0 Å². The van der Waals surface area contributed by atoms with Gasteiger partial charge in [0.1, 0.15) is 23.7 Å². The van der Waals surface area contributed by atoms with Crippen molar-refractivity contribution in [2.24, 2.45) is 16.7 Å². The average Bonchev–Trinajstić information content (AvgIpc) is 3.51. The van der Waals surface area contributed by atoms with Gasteiger partial charge in [-0.3, -0.25) is 44.1 Å². The number of fused-ring (bicyclic) bond motifs is 2. The van der Waals surface area contributed by atoms with Crippen molar-refractivity contribution in [2.75, 3.05) is 55.6 Å². The van der Waals surface area contributed by atoms with Gasteiger partial charge in [0.05, 0.1) is 28.9 Å². The molecule has 1 atom stereocenters. The third-order valence-electron chi connectivity index (χ3n) is 14.0. The second kappa shape index (κ2) is 16.1. The number of nitrogens with zero attached hydrogens (tertiary/aromatic N) is 6. The minimum absolute atomic E-state index is 0.0155. The second-order valence-corrected chi connectivity index (χ2v) is 18.7. The molecule has 3 saturated heterocycles. The number of anilines is 2. The van der Waals surface area contributed by atoms with Gasteiger partial charge in [0.2, 0.25) is 17.5 Å². The van der Waals surface area contributed by atoms with Gasteiger partial charge in [-0.2, -0.15) is 0 Å². The van der Waals surface area contributed by atoms with Crippen molar-refractivity contribution in [3.63, 3.8) is 0 Å². The first-order valence-corrected chi connectivity index (χ1v) is 21.8. The summed E-state index contributed by atoms with van der Waals surface area (Å²) >= 11 is 0. The maximum Gasteiger partial charge on any atom is 0.262 e. The van der Waals surface area contributed by atoms with Gasteiger partial charge in [0, 0.05) is 91.9 Å². The minimum atomic E-state index is -1.10. The van der Waals surface area contributed by atoms with Gasteiger partial charge in [-0.1, -0.05) is 33.8 Å². The van der Waals surface area contributed by atoms with E-state index in [0.717, 1.165) is 67.6 Å². The predicted octanol–water partition coefficient (Wildman–Crippen LogP) is 5.98. The number of pyridine rings is 1. The van der Waals surface area contributed by atoms with Crippen LogP contribution < -0.4 is 25.2 Å². The van der Waals surface area contributed by atoms with Crippen molar-refractivity contribution >= 4 is 57.5 Å². The van der Waals surface area contributed by atoms with E-state index in [0.29, 0.717) is 41.5 Å². The first-order chi connectivity index (χ1) is 30.1. The Morgan fingerprint density at radius 1 is 0.889 bits per heavy atom. The zero-order valence-corrected chi connectivity index (χ0v) is 35.9. The third kappa shape index (κ3) is 7.43. The number of carbonyl (C=O) groups excluding carboxylic acids is 5. The van der Waals surface area contributed by atoms with E-state index in [2.05, 4.69) is 58.0 Å². The van der Waals surface area contributed by atoms with Crippen molar-refractivity contribution in [1.82, 2.24) is 25.4 Å². The molecule has 0 radical (unpaired) electrons. The zero-order valence-electron chi connectivity index (χ0n) is 35.9. The molecule has 4 fully saturated rings. The fourth-order valence-electron chi connectivity index (χ4n) is 10.9. The van der Waals surface area contributed by atoms with Gasteiger partial charge >= 0.3 is 0 Å². The molecule has 4 aromatic rings. The molecule has 5 amide bonds. The Balaban J connectivity index is 0.748. The van der Waals surface area contributed by atoms with Gasteiger partial charge in [-0.15, -0.1) is 0 Å². The molecule has 0 spiro atoms. The van der Waals surface area contributed by atoms with Crippen LogP contribution in [0.15, 0.2) is 66.9 Å². The minimum Gasteiger partial charge on any atom is -0.489 e. The molecule has 15 heteroatoms. The van der Waals surface area contributed by atoms with Crippen LogP contribution in [-0.2, 0) is 9.59 Å². The maximum atomic E-state index is 15.5. The number of piperidine rings is 2. The molecule has 9 rings (SSSR count). The van der Waals surface area contributed by atoms with Crippen LogP contribution in [0.4, 0.5) is 21.5 Å². The molecular formula is C48H51FN8O6. The Morgan fingerprint density at radius 2 is 1.57 bits per heavy atom. The monoisotopic (exact) mass is 854 g/mol. The molecule has 63 heavy (non-hydrogen) atoms. The summed E-state index contributed by atoms with van der Waals surface area (Å²) in [5, 5.41) is 6.29. The number of benzene rings is 3. The van der Waals surface area contributed by atoms with E-state index < -0.39 is 35.5 Å². The molecule has 1 aliphatic carbocycles. The van der Waals surface area contributed by atoms with Gasteiger partial charge in [-0.05, 0) is 79.8 Å². The second-order valence-electron chi connectivity index (χ2n) is 18.7. The number of halogens is 1. The average molecular weight is 855 g/mol. The maximum absolute atomic E-state index is 15.5. The number of rotatable bonds is 9. The number of piperazine rings is 1. The van der Waals surface area contributed by atoms with E-state index in [1.807, 2.05) is 47.4 Å². The Hall–Kier alpha value is -6.40. The van der Waals surface area contributed by atoms with E-state index in [4.69, 9.17) is 11.3 Å². The molecule has 5 heterocycles. The zero-order chi connectivity index (χ0) is 44.4. The number of hydrogen-bond donors (Lipinski definition) is 2. The third-order valence-corrected chi connectivity index (χ3v) is 14.0. The highest BCUT2D eigenvalue weighted by molar-refractivity contribution is 6.23. The highest BCUT2D eigenvalue weighted by Crippen LogP contribution is 2.56. The van der Waals surface area contributed by atoms with Crippen LogP contribution in [0.25, 0.3) is 15.7 Å². The first kappa shape index (κ1) is 41.9. The summed E-state index contributed by atoms with van der Waals surface area (Å²) in [6.45, 7) is 21.3. The first-order valence-electron chi connectivity index (χ1n) is 21.8. The molecule has 5 aliphatic rings. The number of ether oxygens (including phenoxy) is 1. The summed E-state index contributed by atoms with van der Waals surface area (Å²) in [4.78, 5) is 79.8. The standard InChI is InChI=1S/C48H51FN8O6/c1-47(2)45(48(3,4)46(47)63-38-14-12-35(50-5)40-31(38)7-6-18-51-40)53-41(59)29-8-10-30(11-9-29)55-19-16-28(17-20-55)27-54-21-23-56(24-22-54)37-26-33-32(25-34(37)49)43(61)57(44(33)62)36-13-15-39(58)52-42(36)60/h6-12,14,18,25-26,28,36,45-46H,13,15-17,19-24,27H2,1-4H3,(H,53,59)(H,52,58,60). The summed E-state index contributed by atoms with van der Waals surface area (Å²) in [7, 11) is 0. The molecule has 2 N–H and O–H groups in total. The number of imide groups is 2. The number of hydrogen-bond acceptors (Lipinski definition) is 10. The lowest BCUT2D eigenvalue weighted by Crippen LogP contribution is -2.74. The number of carbonyl (C=O) groups is 5. The molecule has 4 aliphatic heterocycles. The Bertz CT molecular complexity index is 2560. The Labute approximate surface area is 365 Å². The fourth-order valence-corrected chi connectivity index (χ4v) is 10.9. The lowest BCUT2D eigenvalue weighted by atomic mass is 9.49. The van der Waals surface area contributed by atoms with Crippen LogP contribution in [0, 0.1) is 29.1 Å². The highest BCUT2D eigenvalue weighted by Gasteiger charge is 2.64. The van der Waals surface area contributed by atoms with Gasteiger partial charge in [-0.25, -0.2) is 9.24 Å². The summed E-state index contributed by atoms with van der Waals surface area (Å²) in [5.41, 5.74) is 2.30. The van der Waals surface area contributed by atoms with Gasteiger partial charge in [0.25, 0.3) is 17.7 Å². The Kier molecular flexibility index (Phi) is 10.7. The van der Waals surface area contributed by atoms with Gasteiger partial charge in [0.15, 0.2) is 0 Å². The number of aromatic nitrogens is 1. The highest BCUT2D eigenvalue weighted by atomic mass is 19.1. The largest absolute Gasteiger partial charge is 0.489 e. The summed E-state index contributed by atoms with van der Waals surface area (Å²) in [6.07, 6.45) is 3.58. The summed E-state index contributed by atoms with van der Waals surface area (Å²) in [6, 6.07) is 16.5. The van der Waals surface area contributed by atoms with Crippen molar-refractivity contribution < 1.29 is 33.1 Å². The van der Waals surface area contributed by atoms with E-state index in [-0.39, 0.29) is 58.5 Å². The molecule has 3 aromatic carbocycles. The van der Waals surface area contributed by atoms with Crippen molar-refractivity contribution in [2.45, 2.75) is 71.6 Å². The van der Waals surface area contributed by atoms with Crippen molar-refractivity contribution in [3.05, 3.63) is 101 Å². The Morgan fingerprint density at radius 3 is 2.24 bits per heavy atom. The SMILES string of the molecule is [C-]#[N+]c1ccc(OC2C(C)(C)C(NC(=O)c3ccc(N4CCC(CN5CCN(c6cc7c(cc6F)C(=O)N(C6CCC(=O)NC6=O)C7=O)CC5)CC4)cc3)C2(C)C)c2cccnc12. The normalized spacial score (nSPS) is 23.6. The predicted molar refractivity (Wildman–Crippen MR) is 234 cm³/mol. The van der Waals surface area contributed by atoms with Crippen LogP contribution >= 0.6 is 0 Å². The number of amides is 5. The molecule has 1 aromatic heterocycles. The van der Waals surface area contributed by atoms with E-state index in [1.54, 1.807) is 12.3 Å². The van der Waals surface area contributed by atoms with Crippen LogP contribution in [0.2, 0.25) is 0 Å². The molecule has 14 nitrogen and oxygen atoms in total. The lowest BCUT2D eigenvalue weighted by molar-refractivity contribution is -0.163. The van der Waals surface area contributed by atoms with Crippen LogP contribution in [0.1, 0.15) is 84.5 Å². The van der Waals surface area contributed by atoms with Crippen LogP contribution in [0.3, 0.4) is 0 Å². The topological polar surface area (TPSA) is 149 Å². The molecule has 1 saturated carbocycles. The van der Waals surface area contributed by atoms with E-state index >= 15 is 4.39 Å². The molecule has 0 bridgehead atoms. The van der Waals surface area contributed by atoms with E-state index in [9.17, 15) is 24.0 Å².